The van der Waals surface area contributed by atoms with Crippen LogP contribution < -0.4 is 9.47 Å². The summed E-state index contributed by atoms with van der Waals surface area (Å²) < 4.78 is 15.5. The number of aliphatic hydroxyl groups is 1. The molecule has 0 aromatic heterocycles. The Kier molecular flexibility index (Phi) is 5.61. The Morgan fingerprint density at radius 1 is 1.24 bits per heavy atom. The van der Waals surface area contributed by atoms with Gasteiger partial charge in [-0.1, -0.05) is 20.8 Å². The molecule has 0 saturated heterocycles. The standard InChI is InChI=1S/C16H24O5/c1-7-21-15(18)13(17)11-8-10(16(2,3)4)9-12(19-5)14(11)20-6/h8-9,13,17H,7H2,1-6H3. The van der Waals surface area contributed by atoms with Crippen molar-refractivity contribution < 1.29 is 24.1 Å². The van der Waals surface area contributed by atoms with Crippen LogP contribution >= 0.6 is 0 Å². The first-order valence-electron chi connectivity index (χ1n) is 6.87. The molecule has 0 fully saturated rings. The van der Waals surface area contributed by atoms with Crippen LogP contribution in [-0.4, -0.2) is 31.9 Å². The Morgan fingerprint density at radius 2 is 1.86 bits per heavy atom. The maximum atomic E-state index is 11.8. The van der Waals surface area contributed by atoms with Gasteiger partial charge < -0.3 is 19.3 Å². The highest BCUT2D eigenvalue weighted by molar-refractivity contribution is 5.78. The van der Waals surface area contributed by atoms with Gasteiger partial charge >= 0.3 is 5.97 Å². The molecule has 5 nitrogen and oxygen atoms in total. The van der Waals surface area contributed by atoms with E-state index in [1.807, 2.05) is 26.8 Å². The van der Waals surface area contributed by atoms with Crippen molar-refractivity contribution in [1.29, 1.82) is 0 Å². The van der Waals surface area contributed by atoms with Gasteiger partial charge in [0.05, 0.1) is 20.8 Å². The number of carbonyl (C=O) groups excluding carboxylic acids is 1. The molecular formula is C16H24O5. The molecule has 5 heteroatoms. The Bertz CT molecular complexity index is 502. The van der Waals surface area contributed by atoms with Gasteiger partial charge in [-0.2, -0.15) is 0 Å². The van der Waals surface area contributed by atoms with Gasteiger partial charge in [0.25, 0.3) is 0 Å². The van der Waals surface area contributed by atoms with E-state index in [0.717, 1.165) is 5.56 Å². The summed E-state index contributed by atoms with van der Waals surface area (Å²) in [4.78, 5) is 11.8. The van der Waals surface area contributed by atoms with Crippen molar-refractivity contribution in [3.05, 3.63) is 23.3 Å². The van der Waals surface area contributed by atoms with Crippen LogP contribution in [0.2, 0.25) is 0 Å². The van der Waals surface area contributed by atoms with Crippen LogP contribution in [0.4, 0.5) is 0 Å². The summed E-state index contributed by atoms with van der Waals surface area (Å²) in [5, 5.41) is 10.2. The zero-order valence-corrected chi connectivity index (χ0v) is 13.5. The molecule has 0 spiro atoms. The third kappa shape index (κ3) is 3.88. The number of rotatable bonds is 5. The molecule has 0 bridgehead atoms. The quantitative estimate of drug-likeness (QED) is 0.846. The number of carbonyl (C=O) groups is 1. The lowest BCUT2D eigenvalue weighted by atomic mass is 9.85. The first-order chi connectivity index (χ1) is 9.76. The van der Waals surface area contributed by atoms with Crippen molar-refractivity contribution >= 4 is 5.97 Å². The minimum atomic E-state index is -1.41. The molecule has 1 aromatic rings. The molecule has 1 aromatic carbocycles. The molecule has 1 N–H and O–H groups in total. The second kappa shape index (κ2) is 6.80. The fourth-order valence-corrected chi connectivity index (χ4v) is 1.98. The van der Waals surface area contributed by atoms with Crippen LogP contribution in [0.25, 0.3) is 0 Å². The predicted molar refractivity (Wildman–Crippen MR) is 79.8 cm³/mol. The summed E-state index contributed by atoms with van der Waals surface area (Å²) in [5.41, 5.74) is 1.11. The lowest BCUT2D eigenvalue weighted by molar-refractivity contribution is -0.153. The SMILES string of the molecule is CCOC(=O)C(O)c1cc(C(C)(C)C)cc(OC)c1OC. The minimum Gasteiger partial charge on any atom is -0.493 e. The lowest BCUT2D eigenvalue weighted by Gasteiger charge is -2.24. The fraction of sp³-hybridized carbons (Fsp3) is 0.562. The van der Waals surface area contributed by atoms with E-state index in [1.54, 1.807) is 13.0 Å². The van der Waals surface area contributed by atoms with Crippen molar-refractivity contribution in [3.8, 4) is 11.5 Å². The fourth-order valence-electron chi connectivity index (χ4n) is 1.98. The summed E-state index contributed by atoms with van der Waals surface area (Å²) in [6, 6.07) is 3.60. The Labute approximate surface area is 125 Å². The average Bonchev–Trinajstić information content (AvgIpc) is 2.44. The van der Waals surface area contributed by atoms with Crippen LogP contribution in [0.3, 0.4) is 0 Å². The summed E-state index contributed by atoms with van der Waals surface area (Å²) >= 11 is 0. The van der Waals surface area contributed by atoms with Crippen LogP contribution in [0.1, 0.15) is 44.9 Å². The molecular weight excluding hydrogens is 272 g/mol. The third-order valence-corrected chi connectivity index (χ3v) is 3.18. The Morgan fingerprint density at radius 3 is 2.29 bits per heavy atom. The van der Waals surface area contributed by atoms with Gasteiger partial charge in [-0.15, -0.1) is 0 Å². The molecule has 118 valence electrons. The normalized spacial score (nSPS) is 12.7. The van der Waals surface area contributed by atoms with E-state index in [9.17, 15) is 9.90 Å². The Balaban J connectivity index is 3.43. The van der Waals surface area contributed by atoms with Crippen molar-refractivity contribution in [2.24, 2.45) is 0 Å². The van der Waals surface area contributed by atoms with Crippen LogP contribution in [0, 0.1) is 0 Å². The summed E-state index contributed by atoms with van der Waals surface area (Å²) in [7, 11) is 2.99. The zero-order chi connectivity index (χ0) is 16.2. The highest BCUT2D eigenvalue weighted by Crippen LogP contribution is 2.39. The lowest BCUT2D eigenvalue weighted by Crippen LogP contribution is -2.18. The van der Waals surface area contributed by atoms with Gasteiger partial charge in [0.1, 0.15) is 0 Å². The van der Waals surface area contributed by atoms with Crippen molar-refractivity contribution in [3.63, 3.8) is 0 Å². The van der Waals surface area contributed by atoms with Gasteiger partial charge in [0.15, 0.2) is 17.6 Å². The van der Waals surface area contributed by atoms with E-state index in [1.165, 1.54) is 14.2 Å². The molecule has 0 heterocycles. The average molecular weight is 296 g/mol. The third-order valence-electron chi connectivity index (χ3n) is 3.18. The number of benzene rings is 1. The van der Waals surface area contributed by atoms with Gasteiger partial charge in [-0.05, 0) is 30.0 Å². The maximum absolute atomic E-state index is 11.8. The van der Waals surface area contributed by atoms with Crippen molar-refractivity contribution in [2.75, 3.05) is 20.8 Å². The molecule has 21 heavy (non-hydrogen) atoms. The molecule has 1 unspecified atom stereocenters. The number of aliphatic hydroxyl groups excluding tert-OH is 1. The minimum absolute atomic E-state index is 0.164. The largest absolute Gasteiger partial charge is 0.493 e. The molecule has 0 radical (unpaired) electrons. The molecule has 0 amide bonds. The van der Waals surface area contributed by atoms with E-state index in [0.29, 0.717) is 17.1 Å². The second-order valence-corrected chi connectivity index (χ2v) is 5.71. The van der Waals surface area contributed by atoms with E-state index < -0.39 is 12.1 Å². The zero-order valence-electron chi connectivity index (χ0n) is 13.5. The predicted octanol–water partition coefficient (Wildman–Crippen LogP) is 2.60. The molecule has 1 rings (SSSR count). The van der Waals surface area contributed by atoms with Gasteiger partial charge in [0, 0.05) is 5.56 Å². The summed E-state index contributed by atoms with van der Waals surface area (Å²) in [6.45, 7) is 8.00. The van der Waals surface area contributed by atoms with Crippen molar-refractivity contribution in [2.45, 2.75) is 39.2 Å². The van der Waals surface area contributed by atoms with E-state index >= 15 is 0 Å². The maximum Gasteiger partial charge on any atom is 0.339 e. The Hall–Kier alpha value is -1.75. The summed E-state index contributed by atoms with van der Waals surface area (Å²) in [6.07, 6.45) is -1.41. The van der Waals surface area contributed by atoms with Crippen molar-refractivity contribution in [1.82, 2.24) is 0 Å². The van der Waals surface area contributed by atoms with Gasteiger partial charge in [-0.25, -0.2) is 4.79 Å². The van der Waals surface area contributed by atoms with E-state index in [2.05, 4.69) is 0 Å². The number of hydrogen-bond donors (Lipinski definition) is 1. The van der Waals surface area contributed by atoms with E-state index in [4.69, 9.17) is 14.2 Å². The topological polar surface area (TPSA) is 65.0 Å². The summed E-state index contributed by atoms with van der Waals surface area (Å²) in [5.74, 6) is 0.109. The van der Waals surface area contributed by atoms with E-state index in [-0.39, 0.29) is 12.0 Å². The highest BCUT2D eigenvalue weighted by atomic mass is 16.5. The first-order valence-corrected chi connectivity index (χ1v) is 6.87. The molecule has 0 aliphatic heterocycles. The number of methoxy groups -OCH3 is 2. The van der Waals surface area contributed by atoms with Crippen LogP contribution in [-0.2, 0) is 14.9 Å². The van der Waals surface area contributed by atoms with Gasteiger partial charge in [0.2, 0.25) is 0 Å². The number of hydrogen-bond acceptors (Lipinski definition) is 5. The molecule has 0 aliphatic rings. The number of esters is 1. The van der Waals surface area contributed by atoms with Crippen LogP contribution in [0.15, 0.2) is 12.1 Å². The molecule has 0 aliphatic carbocycles. The molecule has 0 saturated carbocycles. The monoisotopic (exact) mass is 296 g/mol. The smallest absolute Gasteiger partial charge is 0.339 e. The number of ether oxygens (including phenoxy) is 3. The first kappa shape index (κ1) is 17.3. The highest BCUT2D eigenvalue weighted by Gasteiger charge is 2.28. The van der Waals surface area contributed by atoms with Gasteiger partial charge in [-0.3, -0.25) is 0 Å². The molecule has 1 atom stereocenters. The second-order valence-electron chi connectivity index (χ2n) is 5.71. The van der Waals surface area contributed by atoms with Crippen LogP contribution in [0.5, 0.6) is 11.5 Å².